The first-order valence-corrected chi connectivity index (χ1v) is 29.1. The van der Waals surface area contributed by atoms with Crippen LogP contribution in [0.1, 0.15) is 324 Å². The van der Waals surface area contributed by atoms with E-state index < -0.39 is 6.10 Å². The zero-order valence-corrected chi connectivity index (χ0v) is 44.8. The van der Waals surface area contributed by atoms with Gasteiger partial charge >= 0.3 is 17.9 Å². The Balaban J connectivity index is 4.30. The van der Waals surface area contributed by atoms with Gasteiger partial charge in [-0.1, -0.05) is 286 Å². The molecule has 0 aliphatic carbocycles. The second kappa shape index (κ2) is 50.3. The maximum Gasteiger partial charge on any atom is 0.306 e. The van der Waals surface area contributed by atoms with Gasteiger partial charge in [0.2, 0.25) is 0 Å². The largest absolute Gasteiger partial charge is 0.462 e. The number of carbonyl (C=O) groups excluding carboxylic acids is 3. The van der Waals surface area contributed by atoms with E-state index in [-0.39, 0.29) is 31.1 Å². The summed E-state index contributed by atoms with van der Waals surface area (Å²) in [4.78, 5) is 38.2. The van der Waals surface area contributed by atoms with E-state index in [2.05, 4.69) is 41.5 Å². The van der Waals surface area contributed by atoms with Crippen LogP contribution in [0.25, 0.3) is 0 Å². The van der Waals surface area contributed by atoms with Crippen molar-refractivity contribution in [1.29, 1.82) is 0 Å². The topological polar surface area (TPSA) is 78.9 Å². The molecule has 6 nitrogen and oxygen atoms in total. The van der Waals surface area contributed by atoms with Gasteiger partial charge in [0.1, 0.15) is 13.2 Å². The summed E-state index contributed by atoms with van der Waals surface area (Å²) in [5.74, 6) is 1.71. The van der Waals surface area contributed by atoms with Gasteiger partial charge in [-0.05, 0) is 37.0 Å². The van der Waals surface area contributed by atoms with Gasteiger partial charge in [-0.3, -0.25) is 14.4 Å². The first kappa shape index (κ1) is 63.4. The van der Waals surface area contributed by atoms with Gasteiger partial charge in [0.05, 0.1) is 0 Å². The molecule has 0 aliphatic rings. The number of rotatable bonds is 52. The molecule has 0 aliphatic heterocycles. The van der Waals surface area contributed by atoms with Crippen LogP contribution >= 0.6 is 0 Å². The number of hydrogen-bond donors (Lipinski definition) is 0. The zero-order valence-electron chi connectivity index (χ0n) is 44.8. The van der Waals surface area contributed by atoms with Crippen molar-refractivity contribution in [3.05, 3.63) is 0 Å². The average molecular weight is 920 g/mol. The van der Waals surface area contributed by atoms with Gasteiger partial charge in [-0.2, -0.15) is 0 Å². The highest BCUT2D eigenvalue weighted by molar-refractivity contribution is 5.71. The first-order chi connectivity index (χ1) is 31.6. The number of carbonyl (C=O) groups is 3. The Hall–Kier alpha value is -1.59. The molecule has 65 heavy (non-hydrogen) atoms. The van der Waals surface area contributed by atoms with Crippen molar-refractivity contribution in [2.45, 2.75) is 330 Å². The lowest BCUT2D eigenvalue weighted by Gasteiger charge is -2.18. The first-order valence-electron chi connectivity index (χ1n) is 29.1. The molecular formula is C59H114O6. The van der Waals surface area contributed by atoms with Crippen LogP contribution in [-0.4, -0.2) is 37.2 Å². The fraction of sp³-hybridized carbons (Fsp3) is 0.949. The quantitative estimate of drug-likeness (QED) is 0.0344. The number of esters is 3. The van der Waals surface area contributed by atoms with E-state index in [0.29, 0.717) is 19.3 Å². The number of unbranched alkanes of at least 4 members (excludes halogenated alkanes) is 34. The molecule has 0 aromatic heterocycles. The minimum absolute atomic E-state index is 0.0635. The Morgan fingerprint density at radius 3 is 0.800 bits per heavy atom. The molecule has 1 unspecified atom stereocenters. The van der Waals surface area contributed by atoms with Crippen molar-refractivity contribution in [2.24, 2.45) is 17.8 Å². The smallest absolute Gasteiger partial charge is 0.306 e. The number of ether oxygens (including phenoxy) is 3. The molecule has 0 radical (unpaired) electrons. The van der Waals surface area contributed by atoms with Crippen LogP contribution in [0.5, 0.6) is 0 Å². The minimum atomic E-state index is -0.764. The molecule has 6 heteroatoms. The Bertz CT molecular complexity index is 1010. The van der Waals surface area contributed by atoms with Gasteiger partial charge < -0.3 is 14.2 Å². The monoisotopic (exact) mass is 919 g/mol. The van der Waals surface area contributed by atoms with Gasteiger partial charge in [-0.15, -0.1) is 0 Å². The fourth-order valence-corrected chi connectivity index (χ4v) is 8.97. The highest BCUT2D eigenvalue weighted by Crippen LogP contribution is 2.19. The van der Waals surface area contributed by atoms with Gasteiger partial charge in [0.25, 0.3) is 0 Å². The maximum atomic E-state index is 12.8. The summed E-state index contributed by atoms with van der Waals surface area (Å²) in [6, 6.07) is 0. The fourth-order valence-electron chi connectivity index (χ4n) is 8.97. The maximum absolute atomic E-state index is 12.8. The van der Waals surface area contributed by atoms with Crippen LogP contribution < -0.4 is 0 Å². The molecule has 0 N–H and O–H groups in total. The van der Waals surface area contributed by atoms with Crippen LogP contribution in [0.2, 0.25) is 0 Å². The third-order valence-electron chi connectivity index (χ3n) is 13.8. The van der Waals surface area contributed by atoms with E-state index in [1.54, 1.807) is 0 Å². The standard InChI is InChI=1S/C59H114O6/c1-7-55(6)47-41-35-29-23-19-20-25-31-37-43-49-58(61)64-52-56(65-59(62)50-44-38-32-26-18-14-13-16-22-28-34-40-46-54(4)5)51-63-57(60)48-42-36-30-24-17-12-10-8-9-11-15-21-27-33-39-45-53(2)3/h53-56H,7-52H2,1-6H3/t55?,56-/m1/s1. The predicted octanol–water partition coefficient (Wildman–Crippen LogP) is 19.1. The molecule has 0 aromatic carbocycles. The molecule has 386 valence electrons. The van der Waals surface area contributed by atoms with Crippen LogP contribution in [0.15, 0.2) is 0 Å². The van der Waals surface area contributed by atoms with Crippen molar-refractivity contribution < 1.29 is 28.6 Å². The lowest BCUT2D eigenvalue weighted by Crippen LogP contribution is -2.30. The summed E-state index contributed by atoms with van der Waals surface area (Å²) >= 11 is 0. The van der Waals surface area contributed by atoms with E-state index in [9.17, 15) is 14.4 Å². The van der Waals surface area contributed by atoms with E-state index in [1.807, 2.05) is 0 Å². The minimum Gasteiger partial charge on any atom is -0.462 e. The Labute approximate surface area is 406 Å². The summed E-state index contributed by atoms with van der Waals surface area (Å²) < 4.78 is 16.9. The molecule has 0 saturated carbocycles. The van der Waals surface area contributed by atoms with E-state index >= 15 is 0 Å². The molecule has 0 heterocycles. The van der Waals surface area contributed by atoms with Crippen molar-refractivity contribution in [3.8, 4) is 0 Å². The van der Waals surface area contributed by atoms with Crippen LogP contribution in [-0.2, 0) is 28.6 Å². The van der Waals surface area contributed by atoms with Crippen molar-refractivity contribution >= 4 is 17.9 Å². The normalized spacial score (nSPS) is 12.6. The van der Waals surface area contributed by atoms with E-state index in [0.717, 1.165) is 75.5 Å². The third kappa shape index (κ3) is 51.6. The third-order valence-corrected chi connectivity index (χ3v) is 13.8. The summed E-state index contributed by atoms with van der Waals surface area (Å²) in [6.07, 6.45) is 52.3. The highest BCUT2D eigenvalue weighted by atomic mass is 16.6. The SMILES string of the molecule is CCC(C)CCCCCCCCCCCCC(=O)OC[C@@H](COC(=O)CCCCCCCCCCCCCCCCCC(C)C)OC(=O)CCCCCCCCCCCCCCC(C)C. The van der Waals surface area contributed by atoms with Crippen molar-refractivity contribution in [3.63, 3.8) is 0 Å². The molecule has 2 atom stereocenters. The summed E-state index contributed by atoms with van der Waals surface area (Å²) in [5, 5.41) is 0. The molecule has 0 amide bonds. The molecular weight excluding hydrogens is 805 g/mol. The average Bonchev–Trinajstić information content (AvgIpc) is 3.28. The van der Waals surface area contributed by atoms with Gasteiger partial charge in [0.15, 0.2) is 6.10 Å². The van der Waals surface area contributed by atoms with E-state index in [4.69, 9.17) is 14.2 Å². The van der Waals surface area contributed by atoms with Gasteiger partial charge in [0, 0.05) is 19.3 Å². The van der Waals surface area contributed by atoms with Crippen molar-refractivity contribution in [1.82, 2.24) is 0 Å². The Morgan fingerprint density at radius 1 is 0.308 bits per heavy atom. The van der Waals surface area contributed by atoms with Gasteiger partial charge in [-0.25, -0.2) is 0 Å². The molecule has 0 spiro atoms. The predicted molar refractivity (Wildman–Crippen MR) is 279 cm³/mol. The summed E-state index contributed by atoms with van der Waals surface area (Å²) in [6.45, 7) is 13.8. The Kier molecular flexibility index (Phi) is 49.1. The van der Waals surface area contributed by atoms with Crippen LogP contribution in [0.4, 0.5) is 0 Å². The van der Waals surface area contributed by atoms with Crippen LogP contribution in [0.3, 0.4) is 0 Å². The van der Waals surface area contributed by atoms with E-state index in [1.165, 1.54) is 205 Å². The lowest BCUT2D eigenvalue weighted by molar-refractivity contribution is -0.167. The highest BCUT2D eigenvalue weighted by Gasteiger charge is 2.19. The summed E-state index contributed by atoms with van der Waals surface area (Å²) in [7, 11) is 0. The molecule has 0 rings (SSSR count). The van der Waals surface area contributed by atoms with Crippen molar-refractivity contribution in [2.75, 3.05) is 13.2 Å². The molecule has 0 aromatic rings. The number of hydrogen-bond acceptors (Lipinski definition) is 6. The second-order valence-electron chi connectivity index (χ2n) is 21.5. The second-order valence-corrected chi connectivity index (χ2v) is 21.5. The molecule has 0 bridgehead atoms. The molecule has 0 saturated heterocycles. The van der Waals surface area contributed by atoms with Crippen LogP contribution in [0, 0.1) is 17.8 Å². The summed E-state index contributed by atoms with van der Waals surface area (Å²) in [5.41, 5.74) is 0. The Morgan fingerprint density at radius 2 is 0.538 bits per heavy atom. The zero-order chi connectivity index (χ0) is 47.7. The molecule has 0 fully saturated rings. The lowest BCUT2D eigenvalue weighted by atomic mass is 9.99.